The molecule has 6 aromatic rings. The first-order valence-corrected chi connectivity index (χ1v) is 19.6. The van der Waals surface area contributed by atoms with Crippen molar-refractivity contribution in [2.24, 2.45) is 4.99 Å². The van der Waals surface area contributed by atoms with Crippen molar-refractivity contribution < 1.29 is 0 Å². The predicted molar refractivity (Wildman–Crippen MR) is 216 cm³/mol. The molecule has 4 nitrogen and oxygen atoms in total. The monoisotopic (exact) mass is 700 g/mol. The van der Waals surface area contributed by atoms with Gasteiger partial charge in [-0.1, -0.05) is 135 Å². The second-order valence-corrected chi connectivity index (χ2v) is 15.1. The molecular formula is C45H40N4S2. The molecule has 2 atom stereocenters. The molecular weight excluding hydrogens is 661 g/mol. The number of nitrogens with zero attached hydrogens (tertiary/aromatic N) is 3. The molecule has 6 heteroatoms. The van der Waals surface area contributed by atoms with Crippen LogP contribution in [0.4, 0.5) is 0 Å². The molecule has 252 valence electrons. The Balaban J connectivity index is 1.11. The normalized spacial score (nSPS) is 17.1. The van der Waals surface area contributed by atoms with Crippen LogP contribution < -0.4 is 5.32 Å². The van der Waals surface area contributed by atoms with Gasteiger partial charge in [-0.25, -0.2) is 9.97 Å². The fraction of sp³-hybridized carbons (Fsp3) is 0.178. The van der Waals surface area contributed by atoms with Crippen LogP contribution in [0, 0.1) is 0 Å². The number of allylic oxidation sites excluding steroid dienone is 2. The van der Waals surface area contributed by atoms with Gasteiger partial charge in [0.1, 0.15) is 6.17 Å². The van der Waals surface area contributed by atoms with E-state index in [0.29, 0.717) is 5.25 Å². The molecule has 0 spiro atoms. The Labute approximate surface area is 309 Å². The van der Waals surface area contributed by atoms with Crippen molar-refractivity contribution in [3.63, 3.8) is 0 Å². The lowest BCUT2D eigenvalue weighted by atomic mass is 9.70. The number of hydrogen-bond acceptors (Lipinski definition) is 6. The Morgan fingerprint density at radius 2 is 1.41 bits per heavy atom. The van der Waals surface area contributed by atoms with Gasteiger partial charge in [0.25, 0.3) is 0 Å². The van der Waals surface area contributed by atoms with Crippen molar-refractivity contribution >= 4 is 34.5 Å². The third kappa shape index (κ3) is 6.74. The summed E-state index contributed by atoms with van der Waals surface area (Å²) in [5.41, 5.74) is 11.1. The van der Waals surface area contributed by atoms with E-state index in [1.165, 1.54) is 16.0 Å². The van der Waals surface area contributed by atoms with E-state index in [0.717, 1.165) is 70.1 Å². The molecule has 0 aliphatic carbocycles. The molecule has 0 amide bonds. The van der Waals surface area contributed by atoms with Crippen LogP contribution in [0.3, 0.4) is 0 Å². The van der Waals surface area contributed by atoms with Gasteiger partial charge in [0.05, 0.1) is 32.9 Å². The molecule has 2 aliphatic heterocycles. The van der Waals surface area contributed by atoms with Gasteiger partial charge in [0.2, 0.25) is 0 Å². The zero-order chi connectivity index (χ0) is 34.6. The van der Waals surface area contributed by atoms with Gasteiger partial charge in [-0.2, -0.15) is 0 Å². The summed E-state index contributed by atoms with van der Waals surface area (Å²) in [6.45, 7) is 4.61. The van der Waals surface area contributed by atoms with Gasteiger partial charge < -0.3 is 5.32 Å². The first kappa shape index (κ1) is 33.1. The third-order valence-corrected chi connectivity index (χ3v) is 12.2. The Morgan fingerprint density at radius 3 is 2.04 bits per heavy atom. The average molecular weight is 701 g/mol. The zero-order valence-electron chi connectivity index (χ0n) is 28.9. The number of nitrogens with one attached hydrogen (secondary N) is 1. The summed E-state index contributed by atoms with van der Waals surface area (Å²) in [5.74, 6) is 0.780. The summed E-state index contributed by atoms with van der Waals surface area (Å²) in [7, 11) is 0. The van der Waals surface area contributed by atoms with Crippen LogP contribution in [-0.4, -0.2) is 15.7 Å². The molecule has 0 radical (unpaired) electrons. The lowest BCUT2D eigenvalue weighted by molar-refractivity contribution is 0.478. The van der Waals surface area contributed by atoms with Crippen LogP contribution in [0.25, 0.3) is 28.3 Å². The topological polar surface area (TPSA) is 50.2 Å². The molecule has 2 unspecified atom stereocenters. The fourth-order valence-corrected chi connectivity index (χ4v) is 8.88. The number of aromatic nitrogens is 2. The third-order valence-electron chi connectivity index (χ3n) is 10.2. The lowest BCUT2D eigenvalue weighted by Gasteiger charge is -2.33. The molecule has 2 aliphatic rings. The van der Waals surface area contributed by atoms with E-state index in [2.05, 4.69) is 151 Å². The maximum absolute atomic E-state index is 5.19. The molecule has 2 aromatic heterocycles. The number of hydrogen-bond donors (Lipinski definition) is 1. The minimum atomic E-state index is -0.143. The van der Waals surface area contributed by atoms with E-state index in [4.69, 9.17) is 15.0 Å². The van der Waals surface area contributed by atoms with Gasteiger partial charge in [0, 0.05) is 16.5 Å². The van der Waals surface area contributed by atoms with Crippen molar-refractivity contribution in [1.82, 2.24) is 15.3 Å². The highest BCUT2D eigenvalue weighted by Gasteiger charge is 2.31. The van der Waals surface area contributed by atoms with Crippen molar-refractivity contribution in [2.75, 3.05) is 0 Å². The molecule has 0 saturated carbocycles. The summed E-state index contributed by atoms with van der Waals surface area (Å²) < 4.78 is 0. The lowest BCUT2D eigenvalue weighted by Crippen LogP contribution is -2.26. The summed E-state index contributed by atoms with van der Waals surface area (Å²) in [4.78, 5) is 16.5. The highest BCUT2D eigenvalue weighted by Crippen LogP contribution is 2.42. The highest BCUT2D eigenvalue weighted by molar-refractivity contribution is 8.02. The van der Waals surface area contributed by atoms with Crippen LogP contribution in [0.15, 0.2) is 155 Å². The largest absolute Gasteiger partial charge is 0.359 e. The average Bonchev–Trinajstić information content (AvgIpc) is 3.96. The summed E-state index contributed by atoms with van der Waals surface area (Å²) in [6, 6.07) is 45.5. The van der Waals surface area contributed by atoms with Crippen molar-refractivity contribution in [3.8, 4) is 22.6 Å². The SMILES string of the molecule is CCC(CC)(c1ccc(C2=NC(c3ccccc3)NC(c3cccs3)=C2)cc1)c1ccc(-c2cc(C3CC=CS3)nc(-c3ccccc3)n2)cc1. The predicted octanol–water partition coefficient (Wildman–Crippen LogP) is 11.8. The zero-order valence-corrected chi connectivity index (χ0v) is 30.5. The van der Waals surface area contributed by atoms with Crippen LogP contribution >= 0.6 is 23.1 Å². The first-order valence-electron chi connectivity index (χ1n) is 17.7. The van der Waals surface area contributed by atoms with Gasteiger partial charge >= 0.3 is 0 Å². The molecule has 0 saturated heterocycles. The molecule has 51 heavy (non-hydrogen) atoms. The maximum Gasteiger partial charge on any atom is 0.160 e. The molecule has 4 heterocycles. The Bertz CT molecular complexity index is 2180. The van der Waals surface area contributed by atoms with E-state index in [1.54, 1.807) is 11.3 Å². The molecule has 8 rings (SSSR count). The van der Waals surface area contributed by atoms with E-state index in [-0.39, 0.29) is 11.6 Å². The van der Waals surface area contributed by atoms with Gasteiger partial charge in [-0.05, 0) is 70.5 Å². The highest BCUT2D eigenvalue weighted by atomic mass is 32.2. The Morgan fingerprint density at radius 1 is 0.725 bits per heavy atom. The minimum absolute atomic E-state index is 0.115. The van der Waals surface area contributed by atoms with Gasteiger partial charge in [-0.3, -0.25) is 4.99 Å². The second kappa shape index (κ2) is 14.7. The Hall–Kier alpha value is -5.04. The van der Waals surface area contributed by atoms with E-state index in [9.17, 15) is 0 Å². The standard InChI is InChI=1S/C45H40N4S2/c1-3-45(4-2,35-23-19-31(20-24-35)37-29-39(41-17-11-27-50-41)48-43(46-37)33-13-7-5-8-14-33)36-25-21-32(22-26-36)38-30-40(42-18-12-28-51-42)49-44(47-38)34-15-9-6-10-16-34/h5-17,19-30,42-43,48H,3-4,18H2,1-2H3. The van der Waals surface area contributed by atoms with Crippen molar-refractivity contribution in [2.45, 2.75) is 49.9 Å². The number of rotatable bonds is 10. The molecule has 0 fully saturated rings. The van der Waals surface area contributed by atoms with E-state index >= 15 is 0 Å². The van der Waals surface area contributed by atoms with Crippen LogP contribution in [0.1, 0.15) is 77.4 Å². The smallest absolute Gasteiger partial charge is 0.160 e. The first-order chi connectivity index (χ1) is 25.1. The van der Waals surface area contributed by atoms with E-state index < -0.39 is 0 Å². The number of thiophene rings is 1. The summed E-state index contributed by atoms with van der Waals surface area (Å²) in [5, 5.41) is 8.29. The van der Waals surface area contributed by atoms with E-state index in [1.807, 2.05) is 30.0 Å². The number of benzene rings is 4. The van der Waals surface area contributed by atoms with Crippen molar-refractivity contribution in [3.05, 3.63) is 183 Å². The summed E-state index contributed by atoms with van der Waals surface area (Å²) >= 11 is 3.58. The van der Waals surface area contributed by atoms with Gasteiger partial charge in [0.15, 0.2) is 5.82 Å². The number of aliphatic imine (C=N–C) groups is 1. The van der Waals surface area contributed by atoms with Crippen LogP contribution in [0.2, 0.25) is 0 Å². The fourth-order valence-electron chi connectivity index (χ4n) is 7.28. The van der Waals surface area contributed by atoms with Crippen LogP contribution in [0.5, 0.6) is 0 Å². The quantitative estimate of drug-likeness (QED) is 0.155. The molecule has 4 aromatic carbocycles. The van der Waals surface area contributed by atoms with Crippen molar-refractivity contribution in [1.29, 1.82) is 0 Å². The summed E-state index contributed by atoms with van der Waals surface area (Å²) in [6.07, 6.45) is 7.26. The minimum Gasteiger partial charge on any atom is -0.359 e. The van der Waals surface area contributed by atoms with Crippen LogP contribution in [-0.2, 0) is 5.41 Å². The van der Waals surface area contributed by atoms with Gasteiger partial charge in [-0.15, -0.1) is 23.1 Å². The maximum atomic E-state index is 5.19. The Kier molecular flexibility index (Phi) is 9.53. The molecule has 1 N–H and O–H groups in total. The second-order valence-electron chi connectivity index (χ2n) is 13.1. The molecule has 0 bridgehead atoms. The number of thioether (sulfide) groups is 1.